The molecule has 1 N–H and O–H groups in total. The Labute approximate surface area is 140 Å². The smallest absolute Gasteiger partial charge is 0.253 e. The zero-order valence-corrected chi connectivity index (χ0v) is 14.0. The molecule has 0 spiro atoms. The summed E-state index contributed by atoms with van der Waals surface area (Å²) in [5.41, 5.74) is 0.465. The maximum absolute atomic E-state index is 12.4. The normalized spacial score (nSPS) is 18.3. The van der Waals surface area contributed by atoms with Crippen molar-refractivity contribution in [3.8, 4) is 0 Å². The summed E-state index contributed by atoms with van der Waals surface area (Å²) < 4.78 is 0. The van der Waals surface area contributed by atoms with E-state index < -0.39 is 0 Å². The first kappa shape index (κ1) is 17.9. The summed E-state index contributed by atoms with van der Waals surface area (Å²) in [6.45, 7) is 1.83. The molecule has 112 valence electrons. The maximum atomic E-state index is 12.4. The third kappa shape index (κ3) is 3.92. The predicted octanol–water partition coefficient (Wildman–Crippen LogP) is 3.89. The molecule has 1 aromatic carbocycles. The number of carbonyl (C=O) groups excluding carboxylic acids is 1. The van der Waals surface area contributed by atoms with Crippen LogP contribution < -0.4 is 5.32 Å². The van der Waals surface area contributed by atoms with Crippen LogP contribution in [-0.4, -0.2) is 37.0 Å². The van der Waals surface area contributed by atoms with Crippen LogP contribution in [0.1, 0.15) is 23.2 Å². The molecule has 1 fully saturated rings. The topological polar surface area (TPSA) is 32.3 Å². The van der Waals surface area contributed by atoms with E-state index in [0.29, 0.717) is 15.6 Å². The molecule has 0 unspecified atom stereocenters. The molecular formula is C13H16Cl4N2O. The van der Waals surface area contributed by atoms with E-state index >= 15 is 0 Å². The number of benzene rings is 1. The van der Waals surface area contributed by atoms with Gasteiger partial charge in [0.15, 0.2) is 0 Å². The van der Waals surface area contributed by atoms with Gasteiger partial charge in [0.1, 0.15) is 0 Å². The summed E-state index contributed by atoms with van der Waals surface area (Å²) in [6, 6.07) is 3.32. The number of nitrogens with one attached hydrogen (secondary N) is 1. The number of carbonyl (C=O) groups is 1. The SMILES string of the molecule is CN(C(=O)c1cc(Cl)c(Cl)c(Cl)c1)[C@H]1CCCNC1.Cl. The van der Waals surface area contributed by atoms with E-state index in [2.05, 4.69) is 5.32 Å². The van der Waals surface area contributed by atoms with Gasteiger partial charge in [-0.15, -0.1) is 12.4 Å². The maximum Gasteiger partial charge on any atom is 0.253 e. The van der Waals surface area contributed by atoms with Gasteiger partial charge in [0.2, 0.25) is 0 Å². The van der Waals surface area contributed by atoms with Crippen molar-refractivity contribution in [1.82, 2.24) is 10.2 Å². The third-order valence-corrected chi connectivity index (χ3v) is 4.57. The van der Waals surface area contributed by atoms with Gasteiger partial charge in [0.25, 0.3) is 5.91 Å². The van der Waals surface area contributed by atoms with Crippen molar-refractivity contribution in [3.63, 3.8) is 0 Å². The van der Waals surface area contributed by atoms with Gasteiger partial charge < -0.3 is 10.2 Å². The molecule has 7 heteroatoms. The van der Waals surface area contributed by atoms with Crippen molar-refractivity contribution >= 4 is 53.1 Å². The Kier molecular flexibility index (Phi) is 6.89. The molecule has 3 nitrogen and oxygen atoms in total. The number of halogens is 4. The van der Waals surface area contributed by atoms with Crippen molar-refractivity contribution in [2.24, 2.45) is 0 Å². The number of piperidine rings is 1. The second-order valence-corrected chi connectivity index (χ2v) is 5.86. The predicted molar refractivity (Wildman–Crippen MR) is 86.7 cm³/mol. The van der Waals surface area contributed by atoms with Gasteiger partial charge in [-0.2, -0.15) is 0 Å². The Bertz CT molecular complexity index is 466. The Morgan fingerprint density at radius 2 is 1.90 bits per heavy atom. The minimum Gasteiger partial charge on any atom is -0.337 e. The van der Waals surface area contributed by atoms with Crippen LogP contribution in [0.25, 0.3) is 0 Å². The highest BCUT2D eigenvalue weighted by atomic mass is 35.5. The Balaban J connectivity index is 0.00000200. The van der Waals surface area contributed by atoms with Crippen molar-refractivity contribution in [3.05, 3.63) is 32.8 Å². The molecule has 1 aliphatic rings. The standard InChI is InChI=1S/C13H15Cl3N2O.ClH/c1-18(9-3-2-4-17-7-9)13(19)8-5-10(14)12(16)11(15)6-8;/h5-6,9,17H,2-4,7H2,1H3;1H/t9-;/m0./s1. The van der Waals surface area contributed by atoms with E-state index in [9.17, 15) is 4.79 Å². The number of nitrogens with zero attached hydrogens (tertiary/aromatic N) is 1. The molecule has 20 heavy (non-hydrogen) atoms. The molecule has 0 bridgehead atoms. The van der Waals surface area contributed by atoms with Crippen LogP contribution in [0.15, 0.2) is 12.1 Å². The average Bonchev–Trinajstić information content (AvgIpc) is 2.43. The van der Waals surface area contributed by atoms with E-state index in [4.69, 9.17) is 34.8 Å². The highest BCUT2D eigenvalue weighted by Crippen LogP contribution is 2.31. The first-order valence-electron chi connectivity index (χ1n) is 6.13. The fraction of sp³-hybridized carbons (Fsp3) is 0.462. The van der Waals surface area contributed by atoms with Gasteiger partial charge in [-0.05, 0) is 31.5 Å². The minimum absolute atomic E-state index is 0. The summed E-state index contributed by atoms with van der Waals surface area (Å²) >= 11 is 17.8. The summed E-state index contributed by atoms with van der Waals surface area (Å²) in [6.07, 6.45) is 2.08. The second-order valence-electron chi connectivity index (χ2n) is 4.67. The molecule has 1 amide bonds. The first-order valence-corrected chi connectivity index (χ1v) is 7.26. The van der Waals surface area contributed by atoms with Gasteiger partial charge in [0, 0.05) is 25.2 Å². The summed E-state index contributed by atoms with van der Waals surface area (Å²) in [5, 5.41) is 4.16. The average molecular weight is 358 g/mol. The third-order valence-electron chi connectivity index (χ3n) is 3.37. The zero-order valence-electron chi connectivity index (χ0n) is 11.0. The van der Waals surface area contributed by atoms with Crippen molar-refractivity contribution in [2.75, 3.05) is 20.1 Å². The molecular weight excluding hydrogens is 342 g/mol. The molecule has 0 aliphatic carbocycles. The van der Waals surface area contributed by atoms with Crippen LogP contribution in [0, 0.1) is 0 Å². The number of hydrogen-bond donors (Lipinski definition) is 1. The Hall–Kier alpha value is -0.190. The summed E-state index contributed by atoms with van der Waals surface area (Å²) in [5.74, 6) is -0.0887. The fourth-order valence-corrected chi connectivity index (χ4v) is 2.81. The summed E-state index contributed by atoms with van der Waals surface area (Å²) in [4.78, 5) is 14.1. The second kappa shape index (κ2) is 7.71. The van der Waals surface area contributed by atoms with Crippen LogP contribution in [0.5, 0.6) is 0 Å². The van der Waals surface area contributed by atoms with E-state index in [-0.39, 0.29) is 29.4 Å². The van der Waals surface area contributed by atoms with Gasteiger partial charge in [0.05, 0.1) is 15.1 Å². The van der Waals surface area contributed by atoms with Crippen LogP contribution in [0.2, 0.25) is 15.1 Å². The molecule has 0 radical (unpaired) electrons. The Morgan fingerprint density at radius 1 is 1.30 bits per heavy atom. The molecule has 0 aromatic heterocycles. The molecule has 2 rings (SSSR count). The Morgan fingerprint density at radius 3 is 2.40 bits per heavy atom. The number of rotatable bonds is 2. The van der Waals surface area contributed by atoms with E-state index in [1.165, 1.54) is 0 Å². The van der Waals surface area contributed by atoms with Crippen molar-refractivity contribution in [2.45, 2.75) is 18.9 Å². The van der Waals surface area contributed by atoms with E-state index in [0.717, 1.165) is 25.9 Å². The van der Waals surface area contributed by atoms with Crippen LogP contribution >= 0.6 is 47.2 Å². The lowest BCUT2D eigenvalue weighted by Gasteiger charge is -2.31. The molecule has 1 saturated heterocycles. The molecule has 1 heterocycles. The lowest BCUT2D eigenvalue weighted by molar-refractivity contribution is 0.0708. The lowest BCUT2D eigenvalue weighted by atomic mass is 10.1. The largest absolute Gasteiger partial charge is 0.337 e. The van der Waals surface area contributed by atoms with Crippen LogP contribution in [0.4, 0.5) is 0 Å². The van der Waals surface area contributed by atoms with E-state index in [1.807, 2.05) is 0 Å². The highest BCUT2D eigenvalue weighted by Gasteiger charge is 2.23. The first-order chi connectivity index (χ1) is 9.00. The van der Waals surface area contributed by atoms with Gasteiger partial charge in [-0.25, -0.2) is 0 Å². The van der Waals surface area contributed by atoms with Gasteiger partial charge >= 0.3 is 0 Å². The minimum atomic E-state index is -0.0887. The monoisotopic (exact) mass is 356 g/mol. The van der Waals surface area contributed by atoms with Crippen LogP contribution in [-0.2, 0) is 0 Å². The van der Waals surface area contributed by atoms with Gasteiger partial charge in [-0.1, -0.05) is 34.8 Å². The number of amides is 1. The number of hydrogen-bond acceptors (Lipinski definition) is 2. The van der Waals surface area contributed by atoms with E-state index in [1.54, 1.807) is 24.1 Å². The zero-order chi connectivity index (χ0) is 14.0. The number of likely N-dealkylation sites (N-methyl/N-ethyl adjacent to an activating group) is 1. The van der Waals surface area contributed by atoms with Crippen LogP contribution in [0.3, 0.4) is 0 Å². The molecule has 1 atom stereocenters. The lowest BCUT2D eigenvalue weighted by Crippen LogP contribution is -2.46. The fourth-order valence-electron chi connectivity index (χ4n) is 2.21. The molecule has 1 aliphatic heterocycles. The quantitative estimate of drug-likeness (QED) is 0.814. The van der Waals surface area contributed by atoms with Crippen molar-refractivity contribution < 1.29 is 4.79 Å². The highest BCUT2D eigenvalue weighted by molar-refractivity contribution is 6.48. The van der Waals surface area contributed by atoms with Gasteiger partial charge in [-0.3, -0.25) is 4.79 Å². The molecule has 0 saturated carbocycles. The molecule has 1 aromatic rings. The van der Waals surface area contributed by atoms with Crippen molar-refractivity contribution in [1.29, 1.82) is 0 Å². The summed E-state index contributed by atoms with van der Waals surface area (Å²) in [7, 11) is 1.80.